The maximum atomic E-state index is 12.0. The largest absolute Gasteiger partial charge is 0.481 e. The number of hydrogen-bond acceptors (Lipinski definition) is 3. The second-order valence-corrected chi connectivity index (χ2v) is 6.19. The number of ether oxygens (including phenoxy) is 1. The van der Waals surface area contributed by atoms with Crippen molar-refractivity contribution in [2.24, 2.45) is 0 Å². The van der Waals surface area contributed by atoms with E-state index in [4.69, 9.17) is 4.74 Å². The highest BCUT2D eigenvalue weighted by atomic mass is 16.5. The van der Waals surface area contributed by atoms with Crippen LogP contribution in [0.5, 0.6) is 5.88 Å². The number of pyridine rings is 1. The molecule has 0 saturated heterocycles. The molecule has 5 nitrogen and oxygen atoms in total. The number of aryl methyl sites for hydroxylation is 1. The van der Waals surface area contributed by atoms with Crippen LogP contribution in [0.3, 0.4) is 0 Å². The zero-order valence-corrected chi connectivity index (χ0v) is 14.4. The third-order valence-corrected chi connectivity index (χ3v) is 4.32. The normalized spacial score (nSPS) is 14.1. The molecule has 24 heavy (non-hydrogen) atoms. The summed E-state index contributed by atoms with van der Waals surface area (Å²) in [5.41, 5.74) is 4.54. The number of hydrogen-bond donors (Lipinski definition) is 1. The van der Waals surface area contributed by atoms with Gasteiger partial charge in [-0.1, -0.05) is 6.07 Å². The lowest BCUT2D eigenvalue weighted by molar-refractivity contribution is -0.116. The van der Waals surface area contributed by atoms with Crippen molar-refractivity contribution in [3.8, 4) is 5.88 Å². The fourth-order valence-electron chi connectivity index (χ4n) is 2.92. The highest BCUT2D eigenvalue weighted by Gasteiger charge is 2.26. The molecule has 2 heterocycles. The predicted molar refractivity (Wildman–Crippen MR) is 93.8 cm³/mol. The summed E-state index contributed by atoms with van der Waals surface area (Å²) in [6, 6.07) is 6.47. The first kappa shape index (κ1) is 16.3. The summed E-state index contributed by atoms with van der Waals surface area (Å²) >= 11 is 0. The van der Waals surface area contributed by atoms with E-state index in [1.807, 2.05) is 12.1 Å². The molecule has 0 bridgehead atoms. The van der Waals surface area contributed by atoms with Crippen molar-refractivity contribution in [3.63, 3.8) is 0 Å². The second-order valence-electron chi connectivity index (χ2n) is 6.19. The number of amides is 1. The minimum atomic E-state index is -0.109. The standard InChI is InChI=1S/C19H23N3O2/c1-13-10-16(14(2)22(13)17-6-7-17)5-8-18(23)20-11-15-4-9-19(24-3)21-12-15/h4-5,8-10,12,17H,6-7,11H2,1-3H3,(H,20,23). The quantitative estimate of drug-likeness (QED) is 0.830. The molecular formula is C19H23N3O2. The molecule has 0 aromatic carbocycles. The first-order valence-electron chi connectivity index (χ1n) is 8.21. The summed E-state index contributed by atoms with van der Waals surface area (Å²) in [6.07, 6.45) is 7.71. The van der Waals surface area contributed by atoms with E-state index in [0.717, 1.165) is 11.1 Å². The predicted octanol–water partition coefficient (Wildman–Crippen LogP) is 3.17. The van der Waals surface area contributed by atoms with Crippen LogP contribution in [0.1, 0.15) is 41.4 Å². The topological polar surface area (TPSA) is 56.1 Å². The average molecular weight is 325 g/mol. The Bertz CT molecular complexity index is 756. The lowest BCUT2D eigenvalue weighted by atomic mass is 10.2. The van der Waals surface area contributed by atoms with E-state index in [9.17, 15) is 4.79 Å². The summed E-state index contributed by atoms with van der Waals surface area (Å²) < 4.78 is 7.39. The van der Waals surface area contributed by atoms with Gasteiger partial charge in [-0.3, -0.25) is 4.79 Å². The van der Waals surface area contributed by atoms with E-state index in [1.54, 1.807) is 25.4 Å². The van der Waals surface area contributed by atoms with E-state index in [-0.39, 0.29) is 5.91 Å². The van der Waals surface area contributed by atoms with Crippen LogP contribution in [0.2, 0.25) is 0 Å². The molecule has 5 heteroatoms. The molecule has 0 aliphatic heterocycles. The van der Waals surface area contributed by atoms with Gasteiger partial charge in [0.15, 0.2) is 0 Å². The summed E-state index contributed by atoms with van der Waals surface area (Å²) in [5.74, 6) is 0.457. The Morgan fingerprint density at radius 1 is 1.42 bits per heavy atom. The van der Waals surface area contributed by atoms with Crippen LogP contribution >= 0.6 is 0 Å². The molecule has 0 unspecified atom stereocenters. The molecule has 2 aromatic heterocycles. The summed E-state index contributed by atoms with van der Waals surface area (Å²) in [4.78, 5) is 16.1. The summed E-state index contributed by atoms with van der Waals surface area (Å²) in [5, 5.41) is 2.87. The molecule has 1 amide bonds. The van der Waals surface area contributed by atoms with Gasteiger partial charge in [0.05, 0.1) is 7.11 Å². The monoisotopic (exact) mass is 325 g/mol. The van der Waals surface area contributed by atoms with Gasteiger partial charge in [0.25, 0.3) is 0 Å². The lowest BCUT2D eigenvalue weighted by Gasteiger charge is -2.06. The first-order chi connectivity index (χ1) is 11.6. The molecule has 1 aliphatic carbocycles. The number of nitrogens with one attached hydrogen (secondary N) is 1. The van der Waals surface area contributed by atoms with Crippen LogP contribution in [0.4, 0.5) is 0 Å². The summed E-state index contributed by atoms with van der Waals surface area (Å²) in [6.45, 7) is 4.69. The second kappa shape index (κ2) is 6.91. The van der Waals surface area contributed by atoms with Crippen molar-refractivity contribution < 1.29 is 9.53 Å². The van der Waals surface area contributed by atoms with Crippen molar-refractivity contribution in [3.05, 3.63) is 53.0 Å². The minimum Gasteiger partial charge on any atom is -0.481 e. The van der Waals surface area contributed by atoms with Gasteiger partial charge in [0, 0.05) is 42.3 Å². The van der Waals surface area contributed by atoms with Crippen LogP contribution in [0.25, 0.3) is 6.08 Å². The van der Waals surface area contributed by atoms with Crippen LogP contribution in [0.15, 0.2) is 30.5 Å². The molecule has 1 N–H and O–H groups in total. The van der Waals surface area contributed by atoms with Crippen molar-refractivity contribution in [1.82, 2.24) is 14.9 Å². The zero-order chi connectivity index (χ0) is 17.1. The Balaban J connectivity index is 1.58. The van der Waals surface area contributed by atoms with Crippen molar-refractivity contribution in [2.45, 2.75) is 39.3 Å². The maximum absolute atomic E-state index is 12.0. The molecule has 1 aliphatic rings. The SMILES string of the molecule is COc1ccc(CNC(=O)C=Cc2cc(C)n(C3CC3)c2C)cn1. The number of nitrogens with zero attached hydrogens (tertiary/aromatic N) is 2. The molecule has 0 radical (unpaired) electrons. The van der Waals surface area contributed by atoms with Crippen molar-refractivity contribution >= 4 is 12.0 Å². The summed E-state index contributed by atoms with van der Waals surface area (Å²) in [7, 11) is 1.58. The number of aromatic nitrogens is 2. The van der Waals surface area contributed by atoms with E-state index in [2.05, 4.69) is 34.8 Å². The van der Waals surface area contributed by atoms with Crippen LogP contribution < -0.4 is 10.1 Å². The fraction of sp³-hybridized carbons (Fsp3) is 0.368. The van der Waals surface area contributed by atoms with Crippen molar-refractivity contribution in [2.75, 3.05) is 7.11 Å². The third kappa shape index (κ3) is 3.67. The Kier molecular flexibility index (Phi) is 4.69. The molecule has 1 saturated carbocycles. The van der Waals surface area contributed by atoms with Crippen LogP contribution in [-0.4, -0.2) is 22.6 Å². The molecule has 0 spiro atoms. The first-order valence-corrected chi connectivity index (χ1v) is 8.21. The van der Waals surface area contributed by atoms with Crippen molar-refractivity contribution in [1.29, 1.82) is 0 Å². The van der Waals surface area contributed by atoms with E-state index in [1.165, 1.54) is 24.2 Å². The van der Waals surface area contributed by atoms with Crippen LogP contribution in [0, 0.1) is 13.8 Å². The molecule has 2 aromatic rings. The van der Waals surface area contributed by atoms with Gasteiger partial charge < -0.3 is 14.6 Å². The lowest BCUT2D eigenvalue weighted by Crippen LogP contribution is -2.20. The number of rotatable bonds is 6. The average Bonchev–Trinajstić information content (AvgIpc) is 3.37. The fourth-order valence-corrected chi connectivity index (χ4v) is 2.92. The Labute approximate surface area is 142 Å². The number of carbonyl (C=O) groups is 1. The van der Waals surface area contributed by atoms with Gasteiger partial charge in [-0.25, -0.2) is 4.98 Å². The number of carbonyl (C=O) groups excluding carboxylic acids is 1. The maximum Gasteiger partial charge on any atom is 0.244 e. The van der Waals surface area contributed by atoms with E-state index in [0.29, 0.717) is 18.5 Å². The Morgan fingerprint density at radius 2 is 2.21 bits per heavy atom. The van der Waals surface area contributed by atoms with Gasteiger partial charge in [-0.15, -0.1) is 0 Å². The smallest absolute Gasteiger partial charge is 0.244 e. The third-order valence-electron chi connectivity index (χ3n) is 4.32. The molecule has 1 fully saturated rings. The Hall–Kier alpha value is -2.56. The van der Waals surface area contributed by atoms with E-state index < -0.39 is 0 Å². The number of methoxy groups -OCH3 is 1. The Morgan fingerprint density at radius 3 is 2.83 bits per heavy atom. The highest BCUT2D eigenvalue weighted by Crippen LogP contribution is 2.38. The van der Waals surface area contributed by atoms with Gasteiger partial charge in [-0.05, 0) is 50.0 Å². The zero-order valence-electron chi connectivity index (χ0n) is 14.4. The van der Waals surface area contributed by atoms with E-state index >= 15 is 0 Å². The van der Waals surface area contributed by atoms with Crippen LogP contribution in [-0.2, 0) is 11.3 Å². The molecule has 0 atom stereocenters. The minimum absolute atomic E-state index is 0.109. The van der Waals surface area contributed by atoms with Gasteiger partial charge in [0.2, 0.25) is 11.8 Å². The van der Waals surface area contributed by atoms with Gasteiger partial charge in [0.1, 0.15) is 0 Å². The van der Waals surface area contributed by atoms with Gasteiger partial charge >= 0.3 is 0 Å². The highest BCUT2D eigenvalue weighted by molar-refractivity contribution is 5.91. The molecule has 126 valence electrons. The molecular weight excluding hydrogens is 302 g/mol. The molecule has 3 rings (SSSR count). The van der Waals surface area contributed by atoms with Gasteiger partial charge in [-0.2, -0.15) is 0 Å².